The molecule has 0 radical (unpaired) electrons. The molecule has 1 aromatic carbocycles. The first-order chi connectivity index (χ1) is 12.9. The number of nitrogens with zero attached hydrogens (tertiary/aromatic N) is 1. The molecular formula is C18H27N3O5S. The van der Waals surface area contributed by atoms with Crippen LogP contribution in [0.2, 0.25) is 0 Å². The Hall–Kier alpha value is -2.13. The van der Waals surface area contributed by atoms with E-state index in [2.05, 4.69) is 17.6 Å². The van der Waals surface area contributed by atoms with E-state index in [1.54, 1.807) is 12.1 Å². The number of nitro benzene ring substituents is 1. The van der Waals surface area contributed by atoms with Gasteiger partial charge in [0.05, 0.1) is 4.92 Å². The van der Waals surface area contributed by atoms with Gasteiger partial charge in [-0.15, -0.1) is 11.8 Å². The largest absolute Gasteiger partial charge is 0.381 e. The number of nitrogens with one attached hydrogen (secondary N) is 2. The van der Waals surface area contributed by atoms with Gasteiger partial charge in [-0.3, -0.25) is 19.7 Å². The number of thioether (sulfide) groups is 1. The molecule has 0 fully saturated rings. The van der Waals surface area contributed by atoms with Crippen LogP contribution >= 0.6 is 11.8 Å². The zero-order valence-electron chi connectivity index (χ0n) is 15.7. The van der Waals surface area contributed by atoms with E-state index in [1.165, 1.54) is 30.8 Å². The van der Waals surface area contributed by atoms with Gasteiger partial charge in [0.2, 0.25) is 11.8 Å². The number of amides is 2. The summed E-state index contributed by atoms with van der Waals surface area (Å²) in [5.41, 5.74) is -0.0106. The summed E-state index contributed by atoms with van der Waals surface area (Å²) in [6.07, 6.45) is 2.80. The maximum Gasteiger partial charge on any atom is 0.270 e. The van der Waals surface area contributed by atoms with Crippen molar-refractivity contribution in [1.82, 2.24) is 10.6 Å². The standard InChI is InChI=1S/C18H27N3O5S/c1-3-4-10-26-11-6-9-19-18(23)17(20-14(2)22)13-27-16-8-5-7-15(12-16)21(24)25/h5,7-8,12,17H,3-4,6,9-11,13H2,1-2H3,(H,19,23)(H,20,22). The Morgan fingerprint density at radius 2 is 2.04 bits per heavy atom. The van der Waals surface area contributed by atoms with Crippen molar-refractivity contribution in [3.63, 3.8) is 0 Å². The van der Waals surface area contributed by atoms with Gasteiger partial charge >= 0.3 is 0 Å². The van der Waals surface area contributed by atoms with Gasteiger partial charge in [0.1, 0.15) is 6.04 Å². The fourth-order valence-electron chi connectivity index (χ4n) is 2.15. The molecule has 9 heteroatoms. The Morgan fingerprint density at radius 1 is 1.30 bits per heavy atom. The van der Waals surface area contributed by atoms with E-state index in [4.69, 9.17) is 4.74 Å². The van der Waals surface area contributed by atoms with Crippen LogP contribution in [0.5, 0.6) is 0 Å². The molecule has 1 atom stereocenters. The minimum atomic E-state index is -0.715. The third kappa shape index (κ3) is 9.95. The van der Waals surface area contributed by atoms with Gasteiger partial charge in [-0.25, -0.2) is 0 Å². The van der Waals surface area contributed by atoms with E-state index >= 15 is 0 Å². The molecule has 0 saturated heterocycles. The lowest BCUT2D eigenvalue weighted by Crippen LogP contribution is -2.47. The first-order valence-electron chi connectivity index (χ1n) is 8.93. The molecule has 8 nitrogen and oxygen atoms in total. The maximum absolute atomic E-state index is 12.3. The van der Waals surface area contributed by atoms with Crippen LogP contribution < -0.4 is 10.6 Å². The van der Waals surface area contributed by atoms with Crippen molar-refractivity contribution in [1.29, 1.82) is 0 Å². The molecule has 0 aliphatic carbocycles. The Labute approximate surface area is 163 Å². The van der Waals surface area contributed by atoms with E-state index in [0.29, 0.717) is 24.5 Å². The van der Waals surface area contributed by atoms with Crippen LogP contribution in [0.15, 0.2) is 29.2 Å². The number of ether oxygens (including phenoxy) is 1. The number of non-ortho nitro benzene ring substituents is 1. The summed E-state index contributed by atoms with van der Waals surface area (Å²) in [5.74, 6) is -0.311. The quantitative estimate of drug-likeness (QED) is 0.229. The topological polar surface area (TPSA) is 111 Å². The first-order valence-corrected chi connectivity index (χ1v) is 9.92. The minimum absolute atomic E-state index is 0.0106. The smallest absolute Gasteiger partial charge is 0.270 e. The summed E-state index contributed by atoms with van der Waals surface area (Å²) in [6.45, 7) is 5.20. The second-order valence-corrected chi connectivity index (χ2v) is 7.02. The molecule has 1 aromatic rings. The molecule has 0 bridgehead atoms. The number of benzene rings is 1. The Morgan fingerprint density at radius 3 is 2.70 bits per heavy atom. The monoisotopic (exact) mass is 397 g/mol. The van der Waals surface area contributed by atoms with Crippen molar-refractivity contribution in [2.24, 2.45) is 0 Å². The van der Waals surface area contributed by atoms with Gasteiger partial charge in [-0.05, 0) is 18.9 Å². The van der Waals surface area contributed by atoms with Crippen LogP contribution in [0, 0.1) is 10.1 Å². The number of hydrogen-bond acceptors (Lipinski definition) is 6. The summed E-state index contributed by atoms with van der Waals surface area (Å²) >= 11 is 1.28. The second-order valence-electron chi connectivity index (χ2n) is 5.93. The van der Waals surface area contributed by atoms with Crippen molar-refractivity contribution < 1.29 is 19.2 Å². The normalized spacial score (nSPS) is 11.6. The van der Waals surface area contributed by atoms with Gasteiger partial charge in [-0.2, -0.15) is 0 Å². The summed E-state index contributed by atoms with van der Waals surface area (Å²) < 4.78 is 5.44. The number of carbonyl (C=O) groups is 2. The van der Waals surface area contributed by atoms with Crippen LogP contribution in [-0.4, -0.2) is 48.3 Å². The zero-order valence-corrected chi connectivity index (χ0v) is 16.5. The molecule has 0 aliphatic heterocycles. The van der Waals surface area contributed by atoms with E-state index in [0.717, 1.165) is 19.4 Å². The SMILES string of the molecule is CCCCOCCCNC(=O)C(CSc1cccc([N+](=O)[O-])c1)NC(C)=O. The van der Waals surface area contributed by atoms with E-state index in [1.807, 2.05) is 0 Å². The molecule has 2 amide bonds. The highest BCUT2D eigenvalue weighted by Crippen LogP contribution is 2.23. The molecule has 0 aliphatic rings. The average molecular weight is 397 g/mol. The van der Waals surface area contributed by atoms with Crippen LogP contribution in [0.4, 0.5) is 5.69 Å². The van der Waals surface area contributed by atoms with Crippen LogP contribution in [-0.2, 0) is 14.3 Å². The number of nitro groups is 1. The predicted molar refractivity (Wildman–Crippen MR) is 105 cm³/mol. The minimum Gasteiger partial charge on any atom is -0.381 e. The molecule has 1 rings (SSSR count). The number of hydrogen-bond donors (Lipinski definition) is 2. The second kappa shape index (κ2) is 13.1. The van der Waals surface area contributed by atoms with Gasteiger partial charge in [0.25, 0.3) is 5.69 Å². The number of rotatable bonds is 13. The van der Waals surface area contributed by atoms with E-state index < -0.39 is 11.0 Å². The summed E-state index contributed by atoms with van der Waals surface area (Å²) in [6, 6.07) is 5.46. The molecule has 1 unspecified atom stereocenters. The van der Waals surface area contributed by atoms with E-state index in [-0.39, 0.29) is 23.3 Å². The zero-order chi connectivity index (χ0) is 20.1. The predicted octanol–water partition coefficient (Wildman–Crippen LogP) is 2.51. The molecule has 0 aromatic heterocycles. The van der Waals surface area contributed by atoms with Crippen LogP contribution in [0.1, 0.15) is 33.1 Å². The fourth-order valence-corrected chi connectivity index (χ4v) is 3.12. The highest BCUT2D eigenvalue weighted by Gasteiger charge is 2.19. The molecule has 0 saturated carbocycles. The fraction of sp³-hybridized carbons (Fsp3) is 0.556. The lowest BCUT2D eigenvalue weighted by molar-refractivity contribution is -0.385. The van der Waals surface area contributed by atoms with E-state index in [9.17, 15) is 19.7 Å². The van der Waals surface area contributed by atoms with Crippen molar-refractivity contribution in [3.05, 3.63) is 34.4 Å². The molecular weight excluding hydrogens is 370 g/mol. The molecule has 2 N–H and O–H groups in total. The highest BCUT2D eigenvalue weighted by molar-refractivity contribution is 7.99. The molecule has 0 spiro atoms. The molecule has 0 heterocycles. The Kier molecular flexibility index (Phi) is 11.1. The summed E-state index contributed by atoms with van der Waals surface area (Å²) in [7, 11) is 0. The Bertz CT molecular complexity index is 627. The van der Waals surface area contributed by atoms with Crippen molar-refractivity contribution in [2.45, 2.75) is 44.0 Å². The van der Waals surface area contributed by atoms with Crippen molar-refractivity contribution in [2.75, 3.05) is 25.5 Å². The van der Waals surface area contributed by atoms with Crippen molar-refractivity contribution in [3.8, 4) is 0 Å². The van der Waals surface area contributed by atoms with Gasteiger partial charge in [0.15, 0.2) is 0 Å². The third-order valence-corrected chi connectivity index (χ3v) is 4.63. The third-order valence-electron chi connectivity index (χ3n) is 3.55. The highest BCUT2D eigenvalue weighted by atomic mass is 32.2. The Balaban J connectivity index is 2.47. The van der Waals surface area contributed by atoms with Gasteiger partial charge < -0.3 is 15.4 Å². The lowest BCUT2D eigenvalue weighted by atomic mass is 10.3. The van der Waals surface area contributed by atoms with Gasteiger partial charge in [-0.1, -0.05) is 19.4 Å². The van der Waals surface area contributed by atoms with Gasteiger partial charge in [0, 0.05) is 49.5 Å². The lowest BCUT2D eigenvalue weighted by Gasteiger charge is -2.17. The summed E-state index contributed by atoms with van der Waals surface area (Å²) in [4.78, 5) is 34.7. The maximum atomic E-state index is 12.3. The molecule has 150 valence electrons. The van der Waals surface area contributed by atoms with Crippen LogP contribution in [0.25, 0.3) is 0 Å². The van der Waals surface area contributed by atoms with Crippen LogP contribution in [0.3, 0.4) is 0 Å². The first kappa shape index (κ1) is 22.9. The number of unbranched alkanes of at least 4 members (excludes halogenated alkanes) is 1. The van der Waals surface area contributed by atoms with Crippen molar-refractivity contribution >= 4 is 29.3 Å². The molecule has 27 heavy (non-hydrogen) atoms. The average Bonchev–Trinajstić information content (AvgIpc) is 2.64. The summed E-state index contributed by atoms with van der Waals surface area (Å²) in [5, 5.41) is 16.2. The number of carbonyl (C=O) groups excluding carboxylic acids is 2.